The van der Waals surface area contributed by atoms with Crippen LogP contribution in [0.15, 0.2) is 21.6 Å². The topological polar surface area (TPSA) is 62.2 Å². The lowest BCUT2D eigenvalue weighted by Gasteiger charge is -2.04. The molecule has 1 rings (SSSR count). The highest BCUT2D eigenvalue weighted by molar-refractivity contribution is 9.10. The van der Waals surface area contributed by atoms with Crippen molar-refractivity contribution >= 4 is 50.7 Å². The average Bonchev–Trinajstić information content (AvgIpc) is 2.23. The second-order valence-electron chi connectivity index (χ2n) is 2.60. The Morgan fingerprint density at radius 3 is 2.80 bits per heavy atom. The van der Waals surface area contributed by atoms with Crippen LogP contribution in [0.3, 0.4) is 0 Å². The molecular formula is C9H6BrCl2N3. The van der Waals surface area contributed by atoms with Crippen molar-refractivity contribution in [1.29, 1.82) is 5.26 Å². The third-order valence-corrected chi connectivity index (χ3v) is 2.82. The molecule has 0 bridgehead atoms. The van der Waals surface area contributed by atoms with E-state index in [0.717, 1.165) is 0 Å². The monoisotopic (exact) mass is 305 g/mol. The molecule has 0 aliphatic carbocycles. The van der Waals surface area contributed by atoms with E-state index in [-0.39, 0.29) is 11.7 Å². The van der Waals surface area contributed by atoms with E-state index < -0.39 is 0 Å². The van der Waals surface area contributed by atoms with Gasteiger partial charge in [0.05, 0.1) is 16.5 Å². The number of nitrogens with zero attached hydrogens (tertiary/aromatic N) is 2. The van der Waals surface area contributed by atoms with Crippen molar-refractivity contribution in [2.45, 2.75) is 0 Å². The summed E-state index contributed by atoms with van der Waals surface area (Å²) in [5.74, 6) is 0.307. The van der Waals surface area contributed by atoms with Gasteiger partial charge in [0.2, 0.25) is 0 Å². The van der Waals surface area contributed by atoms with E-state index >= 15 is 0 Å². The first-order valence-electron chi connectivity index (χ1n) is 3.87. The molecule has 3 nitrogen and oxygen atoms in total. The molecule has 6 heteroatoms. The highest BCUT2D eigenvalue weighted by Crippen LogP contribution is 2.33. The van der Waals surface area contributed by atoms with Crippen LogP contribution in [0.1, 0.15) is 5.56 Å². The maximum atomic E-state index is 8.93. The number of rotatable bonds is 2. The van der Waals surface area contributed by atoms with Gasteiger partial charge in [-0.1, -0.05) is 11.6 Å². The van der Waals surface area contributed by atoms with Crippen molar-refractivity contribution in [3.05, 3.63) is 27.2 Å². The Morgan fingerprint density at radius 2 is 2.27 bits per heavy atom. The van der Waals surface area contributed by atoms with Gasteiger partial charge in [-0.3, -0.25) is 0 Å². The van der Waals surface area contributed by atoms with Crippen LogP contribution in [0, 0.1) is 11.3 Å². The number of nitriles is 1. The summed E-state index contributed by atoms with van der Waals surface area (Å²) in [6.07, 6.45) is 0. The molecule has 0 aromatic heterocycles. The zero-order valence-electron chi connectivity index (χ0n) is 7.47. The Hall–Kier alpha value is -0.760. The molecule has 1 aromatic carbocycles. The molecule has 0 aliphatic heterocycles. The normalized spacial score (nSPS) is 11.2. The highest BCUT2D eigenvalue weighted by Gasteiger charge is 2.10. The van der Waals surface area contributed by atoms with Crippen LogP contribution in [0.4, 0.5) is 5.69 Å². The van der Waals surface area contributed by atoms with Crippen LogP contribution in [0.2, 0.25) is 5.02 Å². The molecule has 0 atom stereocenters. The number of halogens is 3. The van der Waals surface area contributed by atoms with Crippen LogP contribution >= 0.6 is 39.1 Å². The third-order valence-electron chi connectivity index (χ3n) is 1.58. The van der Waals surface area contributed by atoms with Gasteiger partial charge < -0.3 is 5.73 Å². The molecule has 78 valence electrons. The Kier molecular flexibility index (Phi) is 4.40. The minimum atomic E-state index is 0.0910. The van der Waals surface area contributed by atoms with Crippen LogP contribution in [0.25, 0.3) is 0 Å². The summed E-state index contributed by atoms with van der Waals surface area (Å²) >= 11 is 14.6. The van der Waals surface area contributed by atoms with E-state index in [0.29, 0.717) is 20.7 Å². The van der Waals surface area contributed by atoms with Crippen molar-refractivity contribution in [3.8, 4) is 6.07 Å². The molecule has 0 amide bonds. The molecular weight excluding hydrogens is 301 g/mol. The average molecular weight is 307 g/mol. The Balaban J connectivity index is 3.40. The zero-order chi connectivity index (χ0) is 11.4. The minimum absolute atomic E-state index is 0.0910. The quantitative estimate of drug-likeness (QED) is 0.518. The van der Waals surface area contributed by atoms with Crippen molar-refractivity contribution in [3.63, 3.8) is 0 Å². The molecule has 15 heavy (non-hydrogen) atoms. The van der Waals surface area contributed by atoms with Gasteiger partial charge in [-0.2, -0.15) is 5.26 Å². The summed E-state index contributed by atoms with van der Waals surface area (Å²) in [5, 5.41) is 9.29. The molecule has 0 fully saturated rings. The third kappa shape index (κ3) is 2.85. The molecule has 0 unspecified atom stereocenters. The molecule has 0 radical (unpaired) electrons. The second kappa shape index (κ2) is 5.36. The molecule has 2 N–H and O–H groups in total. The maximum Gasteiger partial charge on any atom is 0.115 e. The molecule has 0 heterocycles. The zero-order valence-corrected chi connectivity index (χ0v) is 10.6. The summed E-state index contributed by atoms with van der Waals surface area (Å²) in [6, 6.07) is 5.31. The molecule has 0 saturated carbocycles. The minimum Gasteiger partial charge on any atom is -0.386 e. The predicted octanol–water partition coefficient (Wildman–Crippen LogP) is 3.20. The van der Waals surface area contributed by atoms with Gasteiger partial charge in [-0.25, -0.2) is 4.99 Å². The van der Waals surface area contributed by atoms with E-state index in [1.54, 1.807) is 12.1 Å². The van der Waals surface area contributed by atoms with Crippen LogP contribution in [0.5, 0.6) is 0 Å². The van der Waals surface area contributed by atoms with Crippen LogP contribution in [-0.2, 0) is 0 Å². The SMILES string of the molecule is N#Cc1c(Br)ccc(Cl)c1N=C(N)CCl. The number of alkyl halides is 1. The number of amidine groups is 1. The van der Waals surface area contributed by atoms with E-state index in [1.807, 2.05) is 6.07 Å². The van der Waals surface area contributed by atoms with Gasteiger partial charge in [0, 0.05) is 4.47 Å². The van der Waals surface area contributed by atoms with Crippen LogP contribution < -0.4 is 5.73 Å². The number of nitrogens with two attached hydrogens (primary N) is 1. The van der Waals surface area contributed by atoms with Gasteiger partial charge in [-0.15, -0.1) is 11.6 Å². The summed E-state index contributed by atoms with van der Waals surface area (Å²) in [6.45, 7) is 0. The van der Waals surface area contributed by atoms with E-state index in [2.05, 4.69) is 20.9 Å². The van der Waals surface area contributed by atoms with Crippen LogP contribution in [-0.4, -0.2) is 11.7 Å². The van der Waals surface area contributed by atoms with E-state index in [1.165, 1.54) is 0 Å². The summed E-state index contributed by atoms with van der Waals surface area (Å²) < 4.78 is 0.621. The van der Waals surface area contributed by atoms with Gasteiger partial charge in [0.15, 0.2) is 0 Å². The Labute approximate surface area is 106 Å². The lowest BCUT2D eigenvalue weighted by Crippen LogP contribution is -2.12. The molecule has 0 aliphatic rings. The van der Waals surface area contributed by atoms with Crippen molar-refractivity contribution in [2.24, 2.45) is 10.7 Å². The van der Waals surface area contributed by atoms with Gasteiger partial charge in [0.1, 0.15) is 17.6 Å². The standard InChI is InChI=1S/C9H6BrCl2N3/c10-6-1-2-7(12)9(5(6)4-13)15-8(14)3-11/h1-2H,3H2,(H2,14,15). The summed E-state index contributed by atoms with van der Waals surface area (Å²) in [4.78, 5) is 3.99. The molecule has 0 spiro atoms. The van der Waals surface area contributed by atoms with Crippen molar-refractivity contribution in [2.75, 3.05) is 5.88 Å². The molecule has 1 aromatic rings. The number of hydrogen-bond acceptors (Lipinski definition) is 2. The fourth-order valence-corrected chi connectivity index (χ4v) is 1.60. The first kappa shape index (κ1) is 12.3. The number of benzene rings is 1. The number of hydrogen-bond donors (Lipinski definition) is 1. The first-order valence-corrected chi connectivity index (χ1v) is 5.57. The largest absolute Gasteiger partial charge is 0.386 e. The number of aliphatic imine (C=N–C) groups is 1. The van der Waals surface area contributed by atoms with Gasteiger partial charge >= 0.3 is 0 Å². The predicted molar refractivity (Wildman–Crippen MR) is 65.9 cm³/mol. The van der Waals surface area contributed by atoms with Gasteiger partial charge in [-0.05, 0) is 28.1 Å². The molecule has 0 saturated heterocycles. The fraction of sp³-hybridized carbons (Fsp3) is 0.111. The fourth-order valence-electron chi connectivity index (χ4n) is 0.930. The smallest absolute Gasteiger partial charge is 0.115 e. The van der Waals surface area contributed by atoms with Crippen molar-refractivity contribution in [1.82, 2.24) is 0 Å². The highest BCUT2D eigenvalue weighted by atomic mass is 79.9. The van der Waals surface area contributed by atoms with E-state index in [9.17, 15) is 0 Å². The second-order valence-corrected chi connectivity index (χ2v) is 4.13. The maximum absolute atomic E-state index is 8.93. The van der Waals surface area contributed by atoms with Crippen molar-refractivity contribution < 1.29 is 0 Å². The Morgan fingerprint density at radius 1 is 1.60 bits per heavy atom. The first-order chi connectivity index (χ1) is 7.10. The lowest BCUT2D eigenvalue weighted by molar-refractivity contribution is 1.39. The summed E-state index contributed by atoms with van der Waals surface area (Å²) in [5.41, 5.74) is 6.16. The van der Waals surface area contributed by atoms with Gasteiger partial charge in [0.25, 0.3) is 0 Å². The Bertz CT molecular complexity index is 451. The lowest BCUT2D eigenvalue weighted by atomic mass is 10.2. The van der Waals surface area contributed by atoms with E-state index in [4.69, 9.17) is 34.2 Å². The summed E-state index contributed by atoms with van der Waals surface area (Å²) in [7, 11) is 0.